The van der Waals surface area contributed by atoms with Gasteiger partial charge in [0.2, 0.25) is 0 Å². The first-order chi connectivity index (χ1) is 7.97. The van der Waals surface area contributed by atoms with Gasteiger partial charge in [0.25, 0.3) is 0 Å². The van der Waals surface area contributed by atoms with E-state index >= 15 is 0 Å². The molecule has 0 saturated heterocycles. The van der Waals surface area contributed by atoms with E-state index in [1.165, 1.54) is 0 Å². The molecular weight excluding hydrogens is 476 g/mol. The van der Waals surface area contributed by atoms with E-state index in [9.17, 15) is 37.8 Å². The fourth-order valence-corrected chi connectivity index (χ4v) is 6.61. The summed E-state index contributed by atoms with van der Waals surface area (Å²) in [5, 5.41) is -6.43. The fraction of sp³-hybridized carbons (Fsp3) is 1.00. The largest absolute Gasteiger partial charge is 1.00 e. The number of hydrogen-bond donors (Lipinski definition) is 4. The molecule has 0 spiro atoms. The molecule has 0 radical (unpaired) electrons. The van der Waals surface area contributed by atoms with Gasteiger partial charge in [0.05, 0.1) is 10.8 Å². The molecule has 0 heterocycles. The molecule has 0 saturated carbocycles. The maximum atomic E-state index is 10.7. The van der Waals surface area contributed by atoms with Gasteiger partial charge >= 0.3 is 118 Å². The Kier molecular flexibility index (Phi) is 32.4. The summed E-state index contributed by atoms with van der Waals surface area (Å²) in [7, 11) is -23.6. The summed E-state index contributed by atoms with van der Waals surface area (Å²) in [4.78, 5) is 76.7. The zero-order chi connectivity index (χ0) is 15.9. The van der Waals surface area contributed by atoms with Gasteiger partial charge in [-0.3, -0.25) is 0 Å². The summed E-state index contributed by atoms with van der Waals surface area (Å²) in [6.07, 6.45) is -1.98. The average Bonchev–Trinajstić information content (AvgIpc) is 1.91. The van der Waals surface area contributed by atoms with E-state index in [4.69, 9.17) is 19.6 Å². The van der Waals surface area contributed by atoms with Crippen LogP contribution in [0.5, 0.6) is 0 Å². The molecule has 8 N–H and O–H groups in total. The van der Waals surface area contributed by atoms with Gasteiger partial charge in [0.15, 0.2) is 0 Å². The summed E-state index contributed by atoms with van der Waals surface area (Å²) in [5.41, 5.74) is 0. The van der Waals surface area contributed by atoms with E-state index in [1.54, 1.807) is 0 Å². The Morgan fingerprint density at radius 2 is 0.680 bits per heavy atom. The minimum absolute atomic E-state index is 0. The van der Waals surface area contributed by atoms with Crippen molar-refractivity contribution in [3.8, 4) is 0 Å². The van der Waals surface area contributed by atoms with Crippen LogP contribution in [-0.4, -0.2) is 41.3 Å². The Bertz CT molecular complexity index is 426. The van der Waals surface area contributed by atoms with Gasteiger partial charge in [0, 0.05) is 0 Å². The van der Waals surface area contributed by atoms with Crippen molar-refractivity contribution in [3.05, 3.63) is 0 Å². The van der Waals surface area contributed by atoms with Crippen molar-refractivity contribution in [1.82, 2.24) is 0 Å². The molecule has 0 aromatic rings. The molecule has 0 bridgehead atoms. The smallest absolute Gasteiger partial charge is 0.778 e. The third-order valence-electron chi connectivity index (χ3n) is 1.93. The van der Waals surface area contributed by atoms with E-state index < -0.39 is 47.6 Å². The van der Waals surface area contributed by atoms with Crippen LogP contribution in [0.25, 0.3) is 0 Å². The van der Waals surface area contributed by atoms with Gasteiger partial charge in [0.1, 0.15) is 30.4 Å². The SMILES string of the molecule is O.O.O=P([O-])(O)C(CC(P(=O)([O-])O)P(=O)([O-])O)P(=O)([O-])O.[Na+].[Na+].[Na+].[Na+]. The van der Waals surface area contributed by atoms with Crippen molar-refractivity contribution in [3.63, 3.8) is 0 Å². The molecule has 0 fully saturated rings. The molecular formula is C3H12Na4O14P4. The number of hydrogen-bond acceptors (Lipinski definition) is 8. The molecule has 14 nitrogen and oxygen atoms in total. The molecule has 0 aromatic carbocycles. The summed E-state index contributed by atoms with van der Waals surface area (Å²) in [6.45, 7) is 0. The predicted molar refractivity (Wildman–Crippen MR) is 58.7 cm³/mol. The van der Waals surface area contributed by atoms with Gasteiger partial charge in [-0.2, -0.15) is 0 Å². The van der Waals surface area contributed by atoms with Crippen LogP contribution < -0.4 is 138 Å². The van der Waals surface area contributed by atoms with Gasteiger partial charge in [-0.1, -0.05) is 0 Å². The van der Waals surface area contributed by atoms with Crippen LogP contribution in [0.2, 0.25) is 0 Å². The first-order valence-electron chi connectivity index (χ1n) is 4.11. The Labute approximate surface area is 230 Å². The van der Waals surface area contributed by atoms with Gasteiger partial charge in [-0.05, 0) is 6.42 Å². The molecule has 132 valence electrons. The van der Waals surface area contributed by atoms with Crippen molar-refractivity contribution in [2.45, 2.75) is 17.2 Å². The molecule has 4 unspecified atom stereocenters. The van der Waals surface area contributed by atoms with E-state index in [2.05, 4.69) is 0 Å². The van der Waals surface area contributed by atoms with Crippen molar-refractivity contribution < 1.29 is 187 Å². The molecule has 0 aliphatic rings. The molecule has 22 heteroatoms. The predicted octanol–water partition coefficient (Wildman–Crippen LogP) is -17.4. The molecule has 4 atom stereocenters. The molecule has 0 rings (SSSR count). The number of rotatable bonds is 6. The van der Waals surface area contributed by atoms with Crippen LogP contribution in [0.3, 0.4) is 0 Å². The molecule has 0 aromatic heterocycles. The minimum atomic E-state index is -5.91. The second-order valence-corrected chi connectivity index (χ2v) is 11.3. The third-order valence-corrected chi connectivity index (χ3v) is 9.29. The van der Waals surface area contributed by atoms with Crippen molar-refractivity contribution in [1.29, 1.82) is 0 Å². The van der Waals surface area contributed by atoms with Gasteiger partial charge in [-0.15, -0.1) is 0 Å². The fourth-order valence-electron chi connectivity index (χ4n) is 1.09. The maximum absolute atomic E-state index is 10.7. The van der Waals surface area contributed by atoms with E-state index in [0.29, 0.717) is 0 Å². The van der Waals surface area contributed by atoms with Crippen LogP contribution in [0.4, 0.5) is 0 Å². The van der Waals surface area contributed by atoms with Gasteiger partial charge in [-0.25, -0.2) is 0 Å². The summed E-state index contributed by atoms with van der Waals surface area (Å²) < 4.78 is 42.7. The van der Waals surface area contributed by atoms with Crippen molar-refractivity contribution >= 4 is 30.4 Å². The quantitative estimate of drug-likeness (QED) is 0.200. The Morgan fingerprint density at radius 3 is 0.760 bits per heavy atom. The van der Waals surface area contributed by atoms with Crippen LogP contribution in [-0.2, 0) is 18.3 Å². The molecule has 0 aliphatic heterocycles. The molecule has 25 heavy (non-hydrogen) atoms. The first kappa shape index (κ1) is 47.3. The Morgan fingerprint density at radius 1 is 0.560 bits per heavy atom. The van der Waals surface area contributed by atoms with Crippen LogP contribution in [0.1, 0.15) is 6.42 Å². The second-order valence-electron chi connectivity index (χ2n) is 3.45. The molecule has 0 amide bonds. The first-order valence-corrected chi connectivity index (χ1v) is 10.7. The van der Waals surface area contributed by atoms with Crippen LogP contribution in [0, 0.1) is 0 Å². The van der Waals surface area contributed by atoms with Crippen molar-refractivity contribution in [2.75, 3.05) is 0 Å². The maximum Gasteiger partial charge on any atom is 1.00 e. The molecule has 0 aliphatic carbocycles. The van der Waals surface area contributed by atoms with Gasteiger partial charge < -0.3 is 68.4 Å². The standard InChI is InChI=1S/C3H12O12P4.4Na.2H2O/c4-16(5,6)2(17(7,8)9)1-3(18(10,11)12)19(13,14)15;;;;;;/h2-3H,1H2,(H2,4,5,6)(H2,7,8,9)(H2,10,11,12)(H2,13,14,15);;;;;2*1H2/q;4*+1;;/p-4. The average molecular weight is 488 g/mol. The normalized spacial score (nSPS) is 21.4. The monoisotopic (exact) mass is 488 g/mol. The second kappa shape index (κ2) is 17.1. The van der Waals surface area contributed by atoms with Crippen LogP contribution in [0.15, 0.2) is 0 Å². The summed E-state index contributed by atoms with van der Waals surface area (Å²) in [5.74, 6) is 0. The van der Waals surface area contributed by atoms with E-state index in [-0.39, 0.29) is 129 Å². The van der Waals surface area contributed by atoms with E-state index in [1.807, 2.05) is 0 Å². The topological polar surface area (TPSA) is 304 Å². The minimum Gasteiger partial charge on any atom is -0.778 e. The third kappa shape index (κ3) is 19.0. The van der Waals surface area contributed by atoms with Crippen molar-refractivity contribution in [2.24, 2.45) is 0 Å². The summed E-state index contributed by atoms with van der Waals surface area (Å²) in [6, 6.07) is 0. The summed E-state index contributed by atoms with van der Waals surface area (Å²) >= 11 is 0. The zero-order valence-corrected chi connectivity index (χ0v) is 25.3. The zero-order valence-electron chi connectivity index (χ0n) is 13.7. The van der Waals surface area contributed by atoms with E-state index in [0.717, 1.165) is 0 Å². The Hall–Kier alpha value is 4.52. The van der Waals surface area contributed by atoms with Crippen LogP contribution >= 0.6 is 30.4 Å². The Balaban J connectivity index is -0.000000108.